The second-order valence-corrected chi connectivity index (χ2v) is 8.09. The topological polar surface area (TPSA) is 22.0 Å². The fourth-order valence-electron chi connectivity index (χ4n) is 2.04. The molecule has 0 aliphatic rings. The van der Waals surface area contributed by atoms with E-state index in [4.69, 9.17) is 0 Å². The zero-order valence-corrected chi connectivity index (χ0v) is 13.7. The summed E-state index contributed by atoms with van der Waals surface area (Å²) in [6.45, 7) is 16.0. The van der Waals surface area contributed by atoms with E-state index in [1.54, 1.807) is 11.5 Å². The molecule has 0 fully saturated rings. The van der Waals surface area contributed by atoms with Gasteiger partial charge in [-0.2, -0.15) is 0 Å². The monoisotopic (exact) mass is 269 g/mol. The second-order valence-electron chi connectivity index (χ2n) is 7.06. The SMILES string of the molecule is CCCCn1sc(C(C)(C)C)c(C(C)(C)C)c1=O. The van der Waals surface area contributed by atoms with Gasteiger partial charge in [0.2, 0.25) is 0 Å². The smallest absolute Gasteiger partial charge is 0.264 e. The molecule has 0 saturated heterocycles. The minimum Gasteiger partial charge on any atom is -0.268 e. The van der Waals surface area contributed by atoms with Gasteiger partial charge in [-0.25, -0.2) is 0 Å². The van der Waals surface area contributed by atoms with Crippen LogP contribution < -0.4 is 5.56 Å². The highest BCUT2D eigenvalue weighted by molar-refractivity contribution is 7.06. The highest BCUT2D eigenvalue weighted by Gasteiger charge is 2.31. The largest absolute Gasteiger partial charge is 0.268 e. The molecule has 1 rings (SSSR count). The summed E-state index contributed by atoms with van der Waals surface area (Å²) in [6, 6.07) is 0. The summed E-state index contributed by atoms with van der Waals surface area (Å²) in [7, 11) is 0. The molecule has 1 aromatic rings. The molecule has 0 bridgehead atoms. The first-order valence-corrected chi connectivity index (χ1v) is 7.61. The maximum absolute atomic E-state index is 12.6. The molecule has 0 aliphatic heterocycles. The van der Waals surface area contributed by atoms with Crippen molar-refractivity contribution in [1.82, 2.24) is 3.96 Å². The zero-order valence-electron chi connectivity index (χ0n) is 12.9. The van der Waals surface area contributed by atoms with Gasteiger partial charge >= 0.3 is 0 Å². The average Bonchev–Trinajstić information content (AvgIpc) is 2.51. The minimum absolute atomic E-state index is 0.0455. The molecule has 18 heavy (non-hydrogen) atoms. The van der Waals surface area contributed by atoms with E-state index in [9.17, 15) is 4.79 Å². The molecule has 1 heterocycles. The van der Waals surface area contributed by atoms with Crippen molar-refractivity contribution in [2.75, 3.05) is 0 Å². The van der Waals surface area contributed by atoms with Crippen LogP contribution in [-0.2, 0) is 17.4 Å². The normalized spacial score (nSPS) is 13.1. The molecule has 0 atom stereocenters. The summed E-state index contributed by atoms with van der Waals surface area (Å²) in [6.07, 6.45) is 2.20. The van der Waals surface area contributed by atoms with Crippen LogP contribution in [0.1, 0.15) is 71.7 Å². The van der Waals surface area contributed by atoms with Gasteiger partial charge in [0.05, 0.1) is 0 Å². The van der Waals surface area contributed by atoms with Crippen LogP contribution in [0.5, 0.6) is 0 Å². The standard InChI is InChI=1S/C15H27NOS/c1-8-9-10-16-13(17)11(14(2,3)4)12(18-16)15(5,6)7/h8-10H2,1-7H3. The van der Waals surface area contributed by atoms with Gasteiger partial charge in [-0.05, 0) is 17.3 Å². The van der Waals surface area contributed by atoms with E-state index < -0.39 is 0 Å². The van der Waals surface area contributed by atoms with E-state index in [-0.39, 0.29) is 16.4 Å². The predicted molar refractivity (Wildman–Crippen MR) is 80.9 cm³/mol. The Labute approximate surface area is 115 Å². The Morgan fingerprint density at radius 1 is 1.06 bits per heavy atom. The molecule has 3 heteroatoms. The summed E-state index contributed by atoms with van der Waals surface area (Å²) in [5, 5.41) is 0. The Hall–Kier alpha value is -0.570. The summed E-state index contributed by atoms with van der Waals surface area (Å²) >= 11 is 1.66. The van der Waals surface area contributed by atoms with Crippen LogP contribution in [0.25, 0.3) is 0 Å². The highest BCUT2D eigenvalue weighted by atomic mass is 32.1. The first-order chi connectivity index (χ1) is 8.09. The van der Waals surface area contributed by atoms with E-state index in [0.29, 0.717) is 0 Å². The highest BCUT2D eigenvalue weighted by Crippen LogP contribution is 2.35. The minimum atomic E-state index is -0.0757. The molecule has 0 N–H and O–H groups in total. The molecule has 2 nitrogen and oxygen atoms in total. The summed E-state index contributed by atoms with van der Waals surface area (Å²) in [5.74, 6) is 0. The Kier molecular flexibility index (Phi) is 4.47. The van der Waals surface area contributed by atoms with Gasteiger partial charge in [0, 0.05) is 17.0 Å². The van der Waals surface area contributed by atoms with Crippen molar-refractivity contribution in [1.29, 1.82) is 0 Å². The van der Waals surface area contributed by atoms with Gasteiger partial charge in [0.15, 0.2) is 0 Å². The fraction of sp³-hybridized carbons (Fsp3) is 0.800. The third kappa shape index (κ3) is 3.25. The number of unbranched alkanes of at least 4 members (excludes halogenated alkanes) is 1. The van der Waals surface area contributed by atoms with Crippen molar-refractivity contribution in [2.45, 2.75) is 78.7 Å². The molecule has 104 valence electrons. The van der Waals surface area contributed by atoms with E-state index in [0.717, 1.165) is 24.9 Å². The lowest BCUT2D eigenvalue weighted by Crippen LogP contribution is -2.28. The molecular weight excluding hydrogens is 242 g/mol. The first-order valence-electron chi connectivity index (χ1n) is 6.84. The lowest BCUT2D eigenvalue weighted by Gasteiger charge is -2.24. The van der Waals surface area contributed by atoms with Crippen molar-refractivity contribution >= 4 is 11.5 Å². The van der Waals surface area contributed by atoms with Crippen molar-refractivity contribution in [2.24, 2.45) is 0 Å². The van der Waals surface area contributed by atoms with Gasteiger partial charge in [0.25, 0.3) is 5.56 Å². The van der Waals surface area contributed by atoms with Crippen LogP contribution in [-0.4, -0.2) is 3.96 Å². The number of nitrogens with zero attached hydrogens (tertiary/aromatic N) is 1. The van der Waals surface area contributed by atoms with Gasteiger partial charge < -0.3 is 0 Å². The molecule has 0 saturated carbocycles. The van der Waals surface area contributed by atoms with E-state index in [2.05, 4.69) is 48.5 Å². The second kappa shape index (κ2) is 5.20. The van der Waals surface area contributed by atoms with E-state index in [1.807, 2.05) is 3.96 Å². The average molecular weight is 269 g/mol. The third-order valence-corrected chi connectivity index (χ3v) is 4.58. The lowest BCUT2D eigenvalue weighted by atomic mass is 9.81. The fourth-order valence-corrected chi connectivity index (χ4v) is 3.41. The molecule has 0 amide bonds. The van der Waals surface area contributed by atoms with Crippen LogP contribution in [0.4, 0.5) is 0 Å². The van der Waals surface area contributed by atoms with Gasteiger partial charge in [-0.3, -0.25) is 8.75 Å². The van der Waals surface area contributed by atoms with Crippen molar-refractivity contribution in [3.8, 4) is 0 Å². The van der Waals surface area contributed by atoms with Gasteiger partial charge in [-0.15, -0.1) is 0 Å². The Morgan fingerprint density at radius 3 is 1.94 bits per heavy atom. The summed E-state index contributed by atoms with van der Waals surface area (Å²) < 4.78 is 1.95. The van der Waals surface area contributed by atoms with E-state index in [1.165, 1.54) is 4.88 Å². The van der Waals surface area contributed by atoms with Crippen LogP contribution in [0.15, 0.2) is 4.79 Å². The van der Waals surface area contributed by atoms with Gasteiger partial charge in [-0.1, -0.05) is 66.4 Å². The Bertz CT molecular complexity index is 454. The molecule has 0 unspecified atom stereocenters. The zero-order chi connectivity index (χ0) is 14.1. The molecule has 0 spiro atoms. The maximum Gasteiger partial charge on any atom is 0.264 e. The Morgan fingerprint density at radius 2 is 1.61 bits per heavy atom. The number of aryl methyl sites for hydroxylation is 1. The molecule has 1 aromatic heterocycles. The van der Waals surface area contributed by atoms with Crippen LogP contribution in [0.2, 0.25) is 0 Å². The van der Waals surface area contributed by atoms with Crippen molar-refractivity contribution in [3.05, 3.63) is 20.8 Å². The Balaban J connectivity index is 3.38. The lowest BCUT2D eigenvalue weighted by molar-refractivity contribution is 0.534. The van der Waals surface area contributed by atoms with E-state index >= 15 is 0 Å². The number of rotatable bonds is 3. The van der Waals surface area contributed by atoms with Crippen molar-refractivity contribution in [3.63, 3.8) is 0 Å². The van der Waals surface area contributed by atoms with Crippen molar-refractivity contribution < 1.29 is 0 Å². The maximum atomic E-state index is 12.6. The molecule has 0 aliphatic carbocycles. The number of hydrogen-bond acceptors (Lipinski definition) is 2. The third-order valence-electron chi connectivity index (χ3n) is 3.01. The van der Waals surface area contributed by atoms with Crippen LogP contribution >= 0.6 is 11.5 Å². The molecule has 0 aromatic carbocycles. The predicted octanol–water partition coefficient (Wildman–Crippen LogP) is 4.30. The summed E-state index contributed by atoms with van der Waals surface area (Å²) in [5.41, 5.74) is 1.21. The number of aromatic nitrogens is 1. The van der Waals surface area contributed by atoms with Crippen LogP contribution in [0.3, 0.4) is 0 Å². The van der Waals surface area contributed by atoms with Crippen LogP contribution in [0, 0.1) is 0 Å². The number of hydrogen-bond donors (Lipinski definition) is 0. The molecule has 0 radical (unpaired) electrons. The quantitative estimate of drug-likeness (QED) is 0.801. The van der Waals surface area contributed by atoms with Gasteiger partial charge in [0.1, 0.15) is 0 Å². The molecular formula is C15H27NOS. The summed E-state index contributed by atoms with van der Waals surface area (Å²) in [4.78, 5) is 13.8. The first kappa shape index (κ1) is 15.5.